The average molecular weight is 383 g/mol. The van der Waals surface area contributed by atoms with Crippen LogP contribution in [0.5, 0.6) is 0 Å². The van der Waals surface area contributed by atoms with E-state index in [1.54, 1.807) is 49.7 Å². The molecule has 136 valence electrons. The topological polar surface area (TPSA) is 86.1 Å². The molecule has 0 fully saturated rings. The van der Waals surface area contributed by atoms with Crippen LogP contribution in [0.15, 0.2) is 63.9 Å². The Kier molecular flexibility index (Phi) is 4.52. The summed E-state index contributed by atoms with van der Waals surface area (Å²) in [5, 5.41) is 11.9. The van der Waals surface area contributed by atoms with Crippen LogP contribution < -0.4 is 5.32 Å². The van der Waals surface area contributed by atoms with Crippen LogP contribution in [0.25, 0.3) is 22.5 Å². The Bertz CT molecular complexity index is 1070. The molecule has 3 heterocycles. The first-order valence-corrected chi connectivity index (χ1v) is 8.58. The van der Waals surface area contributed by atoms with E-state index < -0.39 is 0 Å². The molecule has 4 aromatic rings. The van der Waals surface area contributed by atoms with Crippen LogP contribution in [0.1, 0.15) is 11.5 Å². The Morgan fingerprint density at radius 2 is 2.04 bits per heavy atom. The van der Waals surface area contributed by atoms with E-state index in [9.17, 15) is 4.79 Å². The molecule has 3 aromatic heterocycles. The van der Waals surface area contributed by atoms with Gasteiger partial charge >= 0.3 is 6.03 Å². The van der Waals surface area contributed by atoms with Gasteiger partial charge < -0.3 is 14.3 Å². The van der Waals surface area contributed by atoms with Gasteiger partial charge in [0, 0.05) is 16.8 Å². The zero-order chi connectivity index (χ0) is 18.8. The van der Waals surface area contributed by atoms with Crippen molar-refractivity contribution in [1.29, 1.82) is 0 Å². The minimum absolute atomic E-state index is 0.281. The molecule has 0 bridgehead atoms. The summed E-state index contributed by atoms with van der Waals surface area (Å²) in [4.78, 5) is 12.3. The van der Waals surface area contributed by atoms with Crippen molar-refractivity contribution in [2.45, 2.75) is 13.5 Å². The monoisotopic (exact) mass is 382 g/mol. The van der Waals surface area contributed by atoms with E-state index in [0.29, 0.717) is 27.9 Å². The second kappa shape index (κ2) is 7.13. The Morgan fingerprint density at radius 3 is 2.78 bits per heavy atom. The minimum Gasteiger partial charge on any atom is -0.467 e. The molecule has 1 amide bonds. The molecule has 0 aliphatic heterocycles. The first-order valence-electron chi connectivity index (χ1n) is 8.20. The van der Waals surface area contributed by atoms with Gasteiger partial charge in [-0.05, 0) is 37.3 Å². The van der Waals surface area contributed by atoms with E-state index in [1.807, 2.05) is 12.1 Å². The van der Waals surface area contributed by atoms with Gasteiger partial charge in [0.05, 0.1) is 24.1 Å². The van der Waals surface area contributed by atoms with Crippen LogP contribution in [0.3, 0.4) is 0 Å². The van der Waals surface area contributed by atoms with Gasteiger partial charge in [-0.3, -0.25) is 0 Å². The first kappa shape index (κ1) is 17.1. The molecule has 0 spiro atoms. The number of rotatable bonds is 4. The van der Waals surface area contributed by atoms with Crippen molar-refractivity contribution in [3.8, 4) is 22.5 Å². The van der Waals surface area contributed by atoms with Crippen LogP contribution in [0, 0.1) is 6.92 Å². The highest BCUT2D eigenvalue weighted by atomic mass is 35.5. The van der Waals surface area contributed by atoms with Gasteiger partial charge in [0.2, 0.25) is 0 Å². The van der Waals surface area contributed by atoms with Crippen molar-refractivity contribution >= 4 is 17.6 Å². The number of aromatic nitrogens is 3. The molecule has 1 aromatic carbocycles. The average Bonchev–Trinajstić information content (AvgIpc) is 3.41. The molecule has 1 N–H and O–H groups in total. The maximum Gasteiger partial charge on any atom is 0.342 e. The van der Waals surface area contributed by atoms with Gasteiger partial charge in [-0.15, -0.1) is 0 Å². The fourth-order valence-electron chi connectivity index (χ4n) is 2.71. The van der Waals surface area contributed by atoms with Gasteiger partial charge in [-0.2, -0.15) is 9.78 Å². The number of hydrogen-bond donors (Lipinski definition) is 1. The van der Waals surface area contributed by atoms with Crippen molar-refractivity contribution in [3.05, 3.63) is 71.5 Å². The van der Waals surface area contributed by atoms with Crippen LogP contribution >= 0.6 is 11.6 Å². The predicted octanol–water partition coefficient (Wildman–Crippen LogP) is 4.52. The van der Waals surface area contributed by atoms with Gasteiger partial charge in [-0.1, -0.05) is 28.9 Å². The number of carbonyl (C=O) groups is 1. The van der Waals surface area contributed by atoms with Crippen molar-refractivity contribution in [1.82, 2.24) is 20.3 Å². The Hall–Kier alpha value is -3.32. The lowest BCUT2D eigenvalue weighted by atomic mass is 10.0. The van der Waals surface area contributed by atoms with Crippen LogP contribution in [0.2, 0.25) is 5.02 Å². The van der Waals surface area contributed by atoms with Gasteiger partial charge in [0.1, 0.15) is 17.2 Å². The lowest BCUT2D eigenvalue weighted by Crippen LogP contribution is -2.28. The Balaban J connectivity index is 1.59. The number of benzene rings is 1. The molecular formula is C19H15ClN4O3. The molecular weight excluding hydrogens is 368 g/mol. The second-order valence-electron chi connectivity index (χ2n) is 5.85. The van der Waals surface area contributed by atoms with Crippen molar-refractivity contribution in [2.24, 2.45) is 0 Å². The summed E-state index contributed by atoms with van der Waals surface area (Å²) in [5.74, 6) is 1.27. The van der Waals surface area contributed by atoms with Crippen LogP contribution in [-0.2, 0) is 6.54 Å². The number of halogens is 1. The highest BCUT2D eigenvalue weighted by Crippen LogP contribution is 2.33. The van der Waals surface area contributed by atoms with E-state index in [0.717, 1.165) is 11.1 Å². The van der Waals surface area contributed by atoms with E-state index in [2.05, 4.69) is 15.6 Å². The number of amides is 1. The number of furan rings is 1. The highest BCUT2D eigenvalue weighted by molar-refractivity contribution is 6.30. The second-order valence-corrected chi connectivity index (χ2v) is 6.29. The number of nitrogens with zero attached hydrogens (tertiary/aromatic N) is 3. The summed E-state index contributed by atoms with van der Waals surface area (Å²) in [7, 11) is 0. The Labute approximate surface area is 159 Å². The van der Waals surface area contributed by atoms with Gasteiger partial charge in [-0.25, -0.2) is 4.79 Å². The van der Waals surface area contributed by atoms with Crippen LogP contribution in [0.4, 0.5) is 4.79 Å². The van der Waals surface area contributed by atoms with E-state index in [-0.39, 0.29) is 12.6 Å². The summed E-state index contributed by atoms with van der Waals surface area (Å²) in [6, 6.07) is 12.2. The molecule has 8 heteroatoms. The smallest absolute Gasteiger partial charge is 0.342 e. The summed E-state index contributed by atoms with van der Waals surface area (Å²) in [6.07, 6.45) is 3.14. The normalized spacial score (nSPS) is 10.9. The molecule has 0 aliphatic carbocycles. The maximum atomic E-state index is 12.3. The Morgan fingerprint density at radius 1 is 1.22 bits per heavy atom. The summed E-state index contributed by atoms with van der Waals surface area (Å²) in [5.41, 5.74) is 2.82. The SMILES string of the molecule is Cc1onc(-c2ccc(Cl)cc2)c1-c1ccn(C(=O)NCc2ccco2)n1. The molecule has 0 unspecified atom stereocenters. The van der Waals surface area contributed by atoms with Crippen molar-refractivity contribution in [2.75, 3.05) is 0 Å². The summed E-state index contributed by atoms with van der Waals surface area (Å²) < 4.78 is 11.8. The third kappa shape index (κ3) is 3.50. The number of nitrogens with one attached hydrogen (secondary N) is 1. The van der Waals surface area contributed by atoms with Crippen LogP contribution in [-0.4, -0.2) is 21.0 Å². The van der Waals surface area contributed by atoms with Gasteiger partial charge in [0.15, 0.2) is 0 Å². The zero-order valence-corrected chi connectivity index (χ0v) is 15.1. The molecule has 0 saturated carbocycles. The lowest BCUT2D eigenvalue weighted by molar-refractivity contribution is 0.238. The predicted molar refractivity (Wildman–Crippen MR) is 99.2 cm³/mol. The zero-order valence-electron chi connectivity index (χ0n) is 14.3. The summed E-state index contributed by atoms with van der Waals surface area (Å²) in [6.45, 7) is 2.08. The van der Waals surface area contributed by atoms with E-state index >= 15 is 0 Å². The van der Waals surface area contributed by atoms with E-state index in [1.165, 1.54) is 4.68 Å². The fourth-order valence-corrected chi connectivity index (χ4v) is 2.83. The first-order chi connectivity index (χ1) is 13.1. The number of carbonyl (C=O) groups excluding carboxylic acids is 1. The highest BCUT2D eigenvalue weighted by Gasteiger charge is 2.20. The quantitative estimate of drug-likeness (QED) is 0.560. The minimum atomic E-state index is -0.361. The molecule has 4 rings (SSSR count). The van der Waals surface area contributed by atoms with Crippen molar-refractivity contribution < 1.29 is 13.7 Å². The molecule has 0 radical (unpaired) electrons. The third-order valence-electron chi connectivity index (χ3n) is 4.03. The molecule has 7 nitrogen and oxygen atoms in total. The summed E-state index contributed by atoms with van der Waals surface area (Å²) >= 11 is 5.96. The number of aryl methyl sites for hydroxylation is 1. The maximum absolute atomic E-state index is 12.3. The lowest BCUT2D eigenvalue weighted by Gasteiger charge is -2.03. The van der Waals surface area contributed by atoms with Crippen molar-refractivity contribution in [3.63, 3.8) is 0 Å². The van der Waals surface area contributed by atoms with E-state index in [4.69, 9.17) is 20.5 Å². The standard InChI is InChI=1S/C19H15ClN4O3/c1-12-17(18(23-27-12)13-4-6-14(20)7-5-13)16-8-9-24(22-16)19(25)21-11-15-3-2-10-26-15/h2-10H,11H2,1H3,(H,21,25). The molecule has 0 aliphatic rings. The third-order valence-corrected chi connectivity index (χ3v) is 4.28. The van der Waals surface area contributed by atoms with Gasteiger partial charge in [0.25, 0.3) is 0 Å². The number of hydrogen-bond acceptors (Lipinski definition) is 5. The molecule has 27 heavy (non-hydrogen) atoms. The fraction of sp³-hybridized carbons (Fsp3) is 0.105. The largest absolute Gasteiger partial charge is 0.467 e. The molecule has 0 atom stereocenters. The molecule has 0 saturated heterocycles.